The van der Waals surface area contributed by atoms with Gasteiger partial charge in [-0.25, -0.2) is 15.0 Å². The van der Waals surface area contributed by atoms with E-state index in [4.69, 9.17) is 9.97 Å². The smallest absolute Gasteiger partial charge is 0.180 e. The average molecular weight is 408 g/mol. The summed E-state index contributed by atoms with van der Waals surface area (Å²) in [5.74, 6) is 2.15. The summed E-state index contributed by atoms with van der Waals surface area (Å²) in [6.45, 7) is 9.06. The molecule has 30 heavy (non-hydrogen) atoms. The number of piperazine rings is 2. The topological polar surface area (TPSA) is 51.6 Å². The molecular weight excluding hydrogens is 374 g/mol. The minimum atomic E-state index is 0.664. The normalized spacial score (nSPS) is 28.4. The van der Waals surface area contributed by atoms with Crippen molar-refractivity contribution < 1.29 is 0 Å². The van der Waals surface area contributed by atoms with Crippen molar-refractivity contribution in [3.63, 3.8) is 0 Å². The molecule has 2 aromatic heterocycles. The van der Waals surface area contributed by atoms with Gasteiger partial charge in [0.15, 0.2) is 17.3 Å². The Morgan fingerprint density at radius 2 is 1.33 bits per heavy atom. The number of hydrogen-bond donors (Lipinski definition) is 0. The van der Waals surface area contributed by atoms with Gasteiger partial charge in [-0.3, -0.25) is 9.80 Å². The van der Waals surface area contributed by atoms with E-state index < -0.39 is 0 Å². The minimum Gasteiger partial charge on any atom is -0.351 e. The van der Waals surface area contributed by atoms with E-state index in [1.54, 1.807) is 0 Å². The first-order chi connectivity index (χ1) is 14.8. The van der Waals surface area contributed by atoms with Gasteiger partial charge < -0.3 is 9.80 Å². The molecule has 6 heterocycles. The van der Waals surface area contributed by atoms with Crippen LogP contribution in [0.3, 0.4) is 0 Å². The van der Waals surface area contributed by atoms with Crippen LogP contribution in [0.25, 0.3) is 11.2 Å². The van der Waals surface area contributed by atoms with E-state index in [0.29, 0.717) is 12.1 Å². The quantitative estimate of drug-likeness (QED) is 0.758. The average Bonchev–Trinajstić information content (AvgIpc) is 2.82. The van der Waals surface area contributed by atoms with E-state index in [1.807, 2.05) is 12.3 Å². The molecule has 4 fully saturated rings. The molecule has 0 N–H and O–H groups in total. The van der Waals surface area contributed by atoms with Crippen LogP contribution in [-0.4, -0.2) is 89.2 Å². The van der Waals surface area contributed by atoms with Gasteiger partial charge >= 0.3 is 0 Å². The number of pyridine rings is 1. The summed E-state index contributed by atoms with van der Waals surface area (Å²) in [5, 5.41) is 0. The summed E-state index contributed by atoms with van der Waals surface area (Å²) in [7, 11) is 0. The number of rotatable bonds is 2. The van der Waals surface area contributed by atoms with Crippen molar-refractivity contribution in [2.45, 2.75) is 50.6 Å². The first kappa shape index (κ1) is 18.8. The molecule has 4 aliphatic rings. The summed E-state index contributed by atoms with van der Waals surface area (Å²) in [5.41, 5.74) is 1.69. The monoisotopic (exact) mass is 407 g/mol. The van der Waals surface area contributed by atoms with Crippen LogP contribution in [-0.2, 0) is 0 Å². The van der Waals surface area contributed by atoms with Gasteiger partial charge in [0.2, 0.25) is 0 Å². The highest BCUT2D eigenvalue weighted by molar-refractivity contribution is 5.78. The van der Waals surface area contributed by atoms with Crippen molar-refractivity contribution in [1.29, 1.82) is 0 Å². The lowest BCUT2D eigenvalue weighted by atomic mass is 9.99. The molecule has 7 nitrogen and oxygen atoms in total. The molecule has 6 rings (SSSR count). The maximum Gasteiger partial charge on any atom is 0.180 e. The molecule has 0 amide bonds. The van der Waals surface area contributed by atoms with Crippen LogP contribution >= 0.6 is 0 Å². The first-order valence-electron chi connectivity index (χ1n) is 12.0. The van der Waals surface area contributed by atoms with Crippen molar-refractivity contribution in [1.82, 2.24) is 24.8 Å². The number of anilines is 2. The fraction of sp³-hybridized carbons (Fsp3) is 0.696. The van der Waals surface area contributed by atoms with Crippen molar-refractivity contribution in [3.8, 4) is 0 Å². The standard InChI is InChI=1S/C23H33N7/c1-3-10-27-12-14-29(16-18(27)6-1)22-23(26-21-20(25-22)8-5-9-24-21)30-15-13-28-11-4-2-7-19(28)17-30/h5,8-9,18-19H,1-4,6-7,10-17H2. The van der Waals surface area contributed by atoms with Crippen molar-refractivity contribution in [2.24, 2.45) is 0 Å². The Kier molecular flexibility index (Phi) is 4.96. The lowest BCUT2D eigenvalue weighted by Gasteiger charge is -2.47. The lowest BCUT2D eigenvalue weighted by molar-refractivity contribution is 0.131. The Bertz CT molecular complexity index is 830. The van der Waals surface area contributed by atoms with Crippen molar-refractivity contribution >= 4 is 22.8 Å². The van der Waals surface area contributed by atoms with Gasteiger partial charge in [-0.2, -0.15) is 0 Å². The van der Waals surface area contributed by atoms with Gasteiger partial charge in [-0.1, -0.05) is 12.8 Å². The van der Waals surface area contributed by atoms with Crippen LogP contribution in [0.15, 0.2) is 18.3 Å². The maximum absolute atomic E-state index is 5.14. The second-order valence-corrected chi connectivity index (χ2v) is 9.48. The Morgan fingerprint density at radius 1 is 0.700 bits per heavy atom. The molecule has 0 bridgehead atoms. The lowest BCUT2D eigenvalue weighted by Crippen LogP contribution is -2.57. The van der Waals surface area contributed by atoms with E-state index in [0.717, 1.165) is 62.1 Å². The molecule has 7 heteroatoms. The third kappa shape index (κ3) is 3.42. The van der Waals surface area contributed by atoms with Crippen molar-refractivity contribution in [3.05, 3.63) is 18.3 Å². The molecule has 2 atom stereocenters. The zero-order chi connectivity index (χ0) is 19.9. The van der Waals surface area contributed by atoms with Gasteiger partial charge in [0.05, 0.1) is 0 Å². The minimum absolute atomic E-state index is 0.664. The molecule has 160 valence electrons. The highest BCUT2D eigenvalue weighted by Gasteiger charge is 2.34. The molecule has 2 aromatic rings. The maximum atomic E-state index is 5.14. The van der Waals surface area contributed by atoms with Crippen LogP contribution in [0.5, 0.6) is 0 Å². The number of hydrogen-bond acceptors (Lipinski definition) is 7. The third-order valence-electron chi connectivity index (χ3n) is 7.68. The van der Waals surface area contributed by atoms with Crippen LogP contribution in [0, 0.1) is 0 Å². The van der Waals surface area contributed by atoms with E-state index in [9.17, 15) is 0 Å². The van der Waals surface area contributed by atoms with Crippen LogP contribution in [0.2, 0.25) is 0 Å². The highest BCUT2D eigenvalue weighted by Crippen LogP contribution is 2.33. The molecule has 0 radical (unpaired) electrons. The highest BCUT2D eigenvalue weighted by atomic mass is 15.4. The van der Waals surface area contributed by atoms with Crippen LogP contribution in [0.1, 0.15) is 38.5 Å². The number of nitrogens with zero attached hydrogens (tertiary/aromatic N) is 7. The SMILES string of the molecule is c1cnc2nc(N3CCN4CCCCC4C3)c(N3CCN4CCCCC4C3)nc2c1. The molecular formula is C23H33N7. The Labute approximate surface area is 179 Å². The van der Waals surface area contributed by atoms with E-state index >= 15 is 0 Å². The number of piperidine rings is 2. The molecule has 0 spiro atoms. The largest absolute Gasteiger partial charge is 0.351 e. The van der Waals surface area contributed by atoms with E-state index in [-0.39, 0.29) is 0 Å². The molecule has 0 saturated carbocycles. The Balaban J connectivity index is 1.34. The van der Waals surface area contributed by atoms with Gasteiger partial charge in [0.1, 0.15) is 5.52 Å². The first-order valence-corrected chi connectivity index (χ1v) is 12.0. The number of aromatic nitrogens is 3. The van der Waals surface area contributed by atoms with Gasteiger partial charge in [-0.15, -0.1) is 0 Å². The predicted octanol–water partition coefficient (Wildman–Crippen LogP) is 2.37. The molecule has 4 aliphatic heterocycles. The summed E-state index contributed by atoms with van der Waals surface area (Å²) in [6.07, 6.45) is 9.89. The summed E-state index contributed by atoms with van der Waals surface area (Å²) in [6, 6.07) is 5.36. The Hall–Kier alpha value is -1.99. The fourth-order valence-corrected chi connectivity index (χ4v) is 6.00. The fourth-order valence-electron chi connectivity index (χ4n) is 6.00. The molecule has 0 aromatic carbocycles. The number of fused-ring (bicyclic) bond motifs is 3. The predicted molar refractivity (Wildman–Crippen MR) is 120 cm³/mol. The van der Waals surface area contributed by atoms with Crippen LogP contribution in [0.4, 0.5) is 11.6 Å². The third-order valence-corrected chi connectivity index (χ3v) is 7.68. The summed E-state index contributed by atoms with van der Waals surface area (Å²) >= 11 is 0. The van der Waals surface area contributed by atoms with Gasteiger partial charge in [-0.05, 0) is 50.9 Å². The molecule has 2 unspecified atom stereocenters. The van der Waals surface area contributed by atoms with Crippen molar-refractivity contribution in [2.75, 3.05) is 62.2 Å². The zero-order valence-electron chi connectivity index (χ0n) is 17.9. The second-order valence-electron chi connectivity index (χ2n) is 9.48. The van der Waals surface area contributed by atoms with E-state index in [2.05, 4.69) is 30.6 Å². The van der Waals surface area contributed by atoms with Crippen LogP contribution < -0.4 is 9.80 Å². The molecule has 0 aliphatic carbocycles. The van der Waals surface area contributed by atoms with Gasteiger partial charge in [0.25, 0.3) is 0 Å². The molecule has 4 saturated heterocycles. The second kappa shape index (κ2) is 7.93. The summed E-state index contributed by atoms with van der Waals surface area (Å²) < 4.78 is 0. The zero-order valence-corrected chi connectivity index (χ0v) is 17.9. The summed E-state index contributed by atoms with van der Waals surface area (Å²) in [4.78, 5) is 25.2. The van der Waals surface area contributed by atoms with Gasteiger partial charge in [0, 0.05) is 57.5 Å². The Morgan fingerprint density at radius 3 is 2.00 bits per heavy atom. The van der Waals surface area contributed by atoms with E-state index in [1.165, 1.54) is 51.6 Å².